The Morgan fingerprint density at radius 1 is 1.13 bits per heavy atom. The average Bonchev–Trinajstić information content (AvgIpc) is 3.41. The molecule has 1 atom stereocenters. The molecule has 0 aliphatic carbocycles. The lowest BCUT2D eigenvalue weighted by atomic mass is 10.1. The second kappa shape index (κ2) is 12.7. The van der Waals surface area contributed by atoms with Crippen molar-refractivity contribution in [2.75, 3.05) is 60.2 Å². The number of hydrogen-bond acceptors (Lipinski definition) is 9. The highest BCUT2D eigenvalue weighted by Gasteiger charge is 2.20. The summed E-state index contributed by atoms with van der Waals surface area (Å²) in [6.07, 6.45) is -0.648. The summed E-state index contributed by atoms with van der Waals surface area (Å²) in [5, 5.41) is 13.5. The lowest BCUT2D eigenvalue weighted by Gasteiger charge is -2.30. The first-order chi connectivity index (χ1) is 19.1. The van der Waals surface area contributed by atoms with Gasteiger partial charge in [-0.2, -0.15) is 0 Å². The van der Waals surface area contributed by atoms with Crippen LogP contribution >= 0.6 is 11.3 Å². The minimum atomic E-state index is -0.648. The zero-order chi connectivity index (χ0) is 27.2. The molecule has 0 unspecified atom stereocenters. The van der Waals surface area contributed by atoms with Crippen LogP contribution in [0.25, 0.3) is 21.3 Å². The fraction of sp³-hybridized carbons (Fsp3) is 0.379. The fourth-order valence-electron chi connectivity index (χ4n) is 4.86. The van der Waals surface area contributed by atoms with Crippen molar-refractivity contribution < 1.29 is 19.3 Å². The number of nitrogens with zero attached hydrogens (tertiary/aromatic N) is 3. The Bertz CT molecular complexity index is 1430. The summed E-state index contributed by atoms with van der Waals surface area (Å²) in [7, 11) is 3.18. The molecule has 1 aliphatic heterocycles. The molecule has 0 amide bonds. The van der Waals surface area contributed by atoms with E-state index in [9.17, 15) is 9.90 Å². The van der Waals surface area contributed by atoms with E-state index < -0.39 is 6.10 Å². The summed E-state index contributed by atoms with van der Waals surface area (Å²) < 4.78 is 16.3. The Morgan fingerprint density at radius 2 is 1.90 bits per heavy atom. The predicted octanol–water partition coefficient (Wildman–Crippen LogP) is 3.54. The fourth-order valence-corrected chi connectivity index (χ4v) is 5.83. The van der Waals surface area contributed by atoms with Crippen LogP contribution in [-0.2, 0) is 11.3 Å². The van der Waals surface area contributed by atoms with Crippen molar-refractivity contribution in [3.8, 4) is 22.6 Å². The Morgan fingerprint density at radius 3 is 2.64 bits per heavy atom. The van der Waals surface area contributed by atoms with Crippen molar-refractivity contribution in [3.63, 3.8) is 0 Å². The van der Waals surface area contributed by atoms with Crippen LogP contribution in [0.3, 0.4) is 0 Å². The molecule has 10 heteroatoms. The van der Waals surface area contributed by atoms with Gasteiger partial charge in [0.05, 0.1) is 45.5 Å². The van der Waals surface area contributed by atoms with Crippen molar-refractivity contribution in [2.24, 2.45) is 0 Å². The number of rotatable bonds is 11. The van der Waals surface area contributed by atoms with Crippen molar-refractivity contribution in [1.82, 2.24) is 19.8 Å². The van der Waals surface area contributed by atoms with E-state index in [4.69, 9.17) is 19.2 Å². The number of benzene rings is 2. The molecule has 0 spiro atoms. The Balaban J connectivity index is 1.39. The largest absolute Gasteiger partial charge is 0.493 e. The van der Waals surface area contributed by atoms with Crippen LogP contribution in [0.2, 0.25) is 0 Å². The summed E-state index contributed by atoms with van der Waals surface area (Å²) in [5.74, 6) is 1.81. The SMILES string of the molecule is COc1ccc(-c2csc3nc(CN(CCN4CCOCC4)C[C@H](O)c4ccccc4)[nH]c(=O)c23)cc1OC. The molecule has 39 heavy (non-hydrogen) atoms. The van der Waals surface area contributed by atoms with E-state index in [2.05, 4.69) is 14.8 Å². The zero-order valence-corrected chi connectivity index (χ0v) is 23.1. The van der Waals surface area contributed by atoms with E-state index in [1.807, 2.05) is 53.9 Å². The van der Waals surface area contributed by atoms with Crippen molar-refractivity contribution >= 4 is 21.6 Å². The molecule has 0 bridgehead atoms. The predicted molar refractivity (Wildman–Crippen MR) is 153 cm³/mol. The maximum atomic E-state index is 13.3. The summed E-state index contributed by atoms with van der Waals surface area (Å²) in [6.45, 7) is 5.68. The van der Waals surface area contributed by atoms with Crippen molar-refractivity contribution in [2.45, 2.75) is 12.6 Å². The summed E-state index contributed by atoms with van der Waals surface area (Å²) in [6, 6.07) is 15.3. The van der Waals surface area contributed by atoms with Gasteiger partial charge < -0.3 is 24.3 Å². The van der Waals surface area contributed by atoms with E-state index in [-0.39, 0.29) is 5.56 Å². The van der Waals surface area contributed by atoms with Crippen LogP contribution in [0, 0.1) is 0 Å². The molecular weight excluding hydrogens is 516 g/mol. The van der Waals surface area contributed by atoms with Crippen LogP contribution < -0.4 is 15.0 Å². The highest BCUT2D eigenvalue weighted by molar-refractivity contribution is 7.17. The number of H-pyrrole nitrogens is 1. The molecule has 2 N–H and O–H groups in total. The lowest BCUT2D eigenvalue weighted by Crippen LogP contribution is -2.42. The summed E-state index contributed by atoms with van der Waals surface area (Å²) in [5.41, 5.74) is 2.35. The van der Waals surface area contributed by atoms with Gasteiger partial charge in [-0.05, 0) is 23.3 Å². The number of fused-ring (bicyclic) bond motifs is 1. The second-order valence-electron chi connectivity index (χ2n) is 9.53. The van der Waals surface area contributed by atoms with Gasteiger partial charge >= 0.3 is 0 Å². The number of aliphatic hydroxyl groups is 1. The third-order valence-electron chi connectivity index (χ3n) is 7.01. The van der Waals surface area contributed by atoms with Gasteiger partial charge in [0.15, 0.2) is 11.5 Å². The molecule has 1 aliphatic rings. The van der Waals surface area contributed by atoms with Gasteiger partial charge in [0, 0.05) is 43.7 Å². The lowest BCUT2D eigenvalue weighted by molar-refractivity contribution is 0.0288. The number of nitrogens with one attached hydrogen (secondary N) is 1. The number of thiophene rings is 1. The monoisotopic (exact) mass is 550 g/mol. The van der Waals surface area contributed by atoms with Crippen LogP contribution in [0.5, 0.6) is 11.5 Å². The number of aromatic amines is 1. The number of aliphatic hydroxyl groups excluding tert-OH is 1. The highest BCUT2D eigenvalue weighted by Crippen LogP contribution is 2.36. The third-order valence-corrected chi connectivity index (χ3v) is 7.88. The molecule has 9 nitrogen and oxygen atoms in total. The number of hydrogen-bond donors (Lipinski definition) is 2. The first-order valence-electron chi connectivity index (χ1n) is 13.0. The Labute approximate surface area is 231 Å². The molecule has 2 aromatic heterocycles. The van der Waals surface area contributed by atoms with Crippen molar-refractivity contribution in [3.05, 3.63) is 75.7 Å². The van der Waals surface area contributed by atoms with Gasteiger partial charge in [0.1, 0.15) is 10.7 Å². The molecular formula is C29H34N4O5S. The van der Waals surface area contributed by atoms with Gasteiger partial charge in [-0.25, -0.2) is 4.98 Å². The molecule has 1 fully saturated rings. The molecule has 0 radical (unpaired) electrons. The smallest absolute Gasteiger partial charge is 0.260 e. The first-order valence-corrected chi connectivity index (χ1v) is 13.9. The van der Waals surface area contributed by atoms with Crippen LogP contribution in [-0.4, -0.2) is 85.0 Å². The molecule has 1 saturated heterocycles. The van der Waals surface area contributed by atoms with Crippen molar-refractivity contribution in [1.29, 1.82) is 0 Å². The van der Waals surface area contributed by atoms with E-state index >= 15 is 0 Å². The summed E-state index contributed by atoms with van der Waals surface area (Å²) in [4.78, 5) is 26.3. The number of methoxy groups -OCH3 is 2. The van der Waals surface area contributed by atoms with E-state index in [0.29, 0.717) is 40.6 Å². The highest BCUT2D eigenvalue weighted by atomic mass is 32.1. The first kappa shape index (κ1) is 27.3. The van der Waals surface area contributed by atoms with Crippen LogP contribution in [0.1, 0.15) is 17.5 Å². The van der Waals surface area contributed by atoms with E-state index in [0.717, 1.165) is 56.1 Å². The normalized spacial score (nSPS) is 15.1. The van der Waals surface area contributed by atoms with Gasteiger partial charge in [-0.15, -0.1) is 11.3 Å². The molecule has 0 saturated carbocycles. The molecule has 4 aromatic rings. The van der Waals surface area contributed by atoms with Gasteiger partial charge in [-0.1, -0.05) is 36.4 Å². The number of aromatic nitrogens is 2. The number of morpholine rings is 1. The third kappa shape index (κ3) is 6.48. The maximum absolute atomic E-state index is 13.3. The number of ether oxygens (including phenoxy) is 3. The summed E-state index contributed by atoms with van der Waals surface area (Å²) >= 11 is 1.44. The quantitative estimate of drug-likeness (QED) is 0.293. The zero-order valence-electron chi connectivity index (χ0n) is 22.3. The second-order valence-corrected chi connectivity index (χ2v) is 10.4. The van der Waals surface area contributed by atoms with Gasteiger partial charge in [-0.3, -0.25) is 14.6 Å². The Kier molecular flexibility index (Phi) is 8.90. The molecule has 5 rings (SSSR count). The van der Waals surface area contributed by atoms with Gasteiger partial charge in [0.2, 0.25) is 0 Å². The Hall–Kier alpha value is -3.28. The van der Waals surface area contributed by atoms with Gasteiger partial charge in [0.25, 0.3) is 5.56 Å². The molecule has 206 valence electrons. The van der Waals surface area contributed by atoms with E-state index in [1.165, 1.54) is 11.3 Å². The molecule has 2 aromatic carbocycles. The maximum Gasteiger partial charge on any atom is 0.260 e. The average molecular weight is 551 g/mol. The minimum Gasteiger partial charge on any atom is -0.493 e. The topological polar surface area (TPSA) is 100 Å². The van der Waals surface area contributed by atoms with Crippen LogP contribution in [0.15, 0.2) is 58.7 Å². The standard InChI is InChI=1S/C29H34N4O5S/c1-36-24-9-8-21(16-25(24)37-2)22-19-39-29-27(22)28(35)30-26(31-29)18-33(11-10-32-12-14-38-15-13-32)17-23(34)20-6-4-3-5-7-20/h3-9,16,19,23,34H,10-15,17-18H2,1-2H3,(H,30,31,35)/t23-/m0/s1. The van der Waals surface area contributed by atoms with E-state index in [1.54, 1.807) is 14.2 Å². The van der Waals surface area contributed by atoms with Crippen LogP contribution in [0.4, 0.5) is 0 Å². The molecule has 3 heterocycles. The minimum absolute atomic E-state index is 0.183.